The quantitative estimate of drug-likeness (QED) is 0.348. The number of allylic oxidation sites excluding steroid dienone is 2. The Morgan fingerprint density at radius 1 is 0.639 bits per heavy atom. The molecule has 3 aliphatic heterocycles. The Morgan fingerprint density at radius 2 is 1.11 bits per heavy atom. The van der Waals surface area contributed by atoms with E-state index in [0.717, 1.165) is 32.6 Å². The molecule has 0 fully saturated rings. The van der Waals surface area contributed by atoms with Gasteiger partial charge in [-0.2, -0.15) is 0 Å². The van der Waals surface area contributed by atoms with Crippen LogP contribution in [0.3, 0.4) is 0 Å². The van der Waals surface area contributed by atoms with Gasteiger partial charge < -0.3 is 9.47 Å². The predicted molar refractivity (Wildman–Crippen MR) is 160 cm³/mol. The maximum Gasteiger partial charge on any atom is 0.113 e. The molecule has 0 spiro atoms. The summed E-state index contributed by atoms with van der Waals surface area (Å²) in [6, 6.07) is 11.6. The minimum Gasteiger partial charge on any atom is -0.378 e. The molecule has 0 amide bonds. The Kier molecular flexibility index (Phi) is 9.45. The zero-order valence-corrected chi connectivity index (χ0v) is 24.4. The first-order chi connectivity index (χ1) is 17.7. The lowest BCUT2D eigenvalue weighted by molar-refractivity contribution is 0.181. The van der Waals surface area contributed by atoms with Crippen LogP contribution >= 0.6 is 70.6 Å². The summed E-state index contributed by atoms with van der Waals surface area (Å²) in [6.45, 7) is 0.931. The molecule has 182 valence electrons. The Morgan fingerprint density at radius 3 is 1.58 bits per heavy atom. The third kappa shape index (κ3) is 6.75. The molecule has 5 rings (SSSR count). The van der Waals surface area contributed by atoms with Crippen molar-refractivity contribution in [2.24, 2.45) is 0 Å². The highest BCUT2D eigenvalue weighted by Gasteiger charge is 2.31. The van der Waals surface area contributed by atoms with E-state index in [0.29, 0.717) is 13.2 Å². The molecule has 5 heterocycles. The predicted octanol–water partition coefficient (Wildman–Crippen LogP) is 7.08. The Balaban J connectivity index is 1.44. The molecular formula is C26H20N2O2S6. The summed E-state index contributed by atoms with van der Waals surface area (Å²) in [5.41, 5.74) is 3.17. The molecule has 0 bridgehead atoms. The summed E-state index contributed by atoms with van der Waals surface area (Å²) < 4.78 is 15.9. The molecule has 0 saturated carbocycles. The molecule has 4 nitrogen and oxygen atoms in total. The number of methoxy groups -OCH3 is 2. The molecule has 2 aromatic rings. The van der Waals surface area contributed by atoms with Crippen molar-refractivity contribution >= 4 is 70.6 Å². The normalized spacial score (nSPS) is 17.1. The molecule has 0 aromatic carbocycles. The summed E-state index contributed by atoms with van der Waals surface area (Å²) in [5, 5.41) is 0. The van der Waals surface area contributed by atoms with Crippen LogP contribution in [0.25, 0.3) is 0 Å². The van der Waals surface area contributed by atoms with Crippen molar-refractivity contribution in [3.8, 4) is 23.7 Å². The second-order valence-electron chi connectivity index (χ2n) is 7.31. The standard InChI is InChI=1S/C26H20N2O2S6/c1-29-15-19-7-3-5-17(27-19)9-11-21-22(12-10-18-6-4-8-20(28-18)16-30-2)34-25(33-21)26-35-23-24(36-26)32-14-13-31-23/h3-8H,13-16H2,1-2H3. The van der Waals surface area contributed by atoms with E-state index >= 15 is 0 Å². The second-order valence-corrected chi connectivity index (χ2v) is 14.6. The van der Waals surface area contributed by atoms with Gasteiger partial charge in [-0.15, -0.1) is 23.5 Å². The Bertz CT molecular complexity index is 1290. The molecule has 0 aliphatic carbocycles. The van der Waals surface area contributed by atoms with E-state index in [2.05, 4.69) is 33.6 Å². The van der Waals surface area contributed by atoms with Crippen LogP contribution in [-0.4, -0.2) is 35.7 Å². The fourth-order valence-corrected chi connectivity index (χ4v) is 11.7. The van der Waals surface area contributed by atoms with Gasteiger partial charge in [0, 0.05) is 25.7 Å². The fourth-order valence-electron chi connectivity index (χ4n) is 3.14. The van der Waals surface area contributed by atoms with Crippen molar-refractivity contribution in [2.75, 3.05) is 25.7 Å². The Hall–Kier alpha value is -1.34. The van der Waals surface area contributed by atoms with E-state index in [1.54, 1.807) is 37.7 Å². The van der Waals surface area contributed by atoms with E-state index in [1.807, 2.05) is 83.4 Å². The van der Waals surface area contributed by atoms with Gasteiger partial charge in [-0.3, -0.25) is 0 Å². The van der Waals surface area contributed by atoms with Crippen molar-refractivity contribution < 1.29 is 9.47 Å². The lowest BCUT2D eigenvalue weighted by Crippen LogP contribution is -1.93. The van der Waals surface area contributed by atoms with E-state index in [4.69, 9.17) is 9.47 Å². The summed E-state index contributed by atoms with van der Waals surface area (Å²) in [7, 11) is 3.33. The summed E-state index contributed by atoms with van der Waals surface area (Å²) in [6.07, 6.45) is 0. The maximum atomic E-state index is 5.21. The maximum absolute atomic E-state index is 5.21. The summed E-state index contributed by atoms with van der Waals surface area (Å²) >= 11 is 11.1. The zero-order chi connectivity index (χ0) is 24.7. The molecule has 0 radical (unpaired) electrons. The number of pyridine rings is 2. The summed E-state index contributed by atoms with van der Waals surface area (Å²) in [5.74, 6) is 15.5. The summed E-state index contributed by atoms with van der Waals surface area (Å²) in [4.78, 5) is 11.1. The van der Waals surface area contributed by atoms with Gasteiger partial charge in [-0.1, -0.05) is 71.0 Å². The number of thioether (sulfide) groups is 6. The number of rotatable bonds is 4. The SMILES string of the molecule is COCc1cccc(C#CC2=C(C#Cc3cccc(COC)n3)SC(=C3SC4=C(SCCS4)S3)S2)n1. The molecule has 10 heteroatoms. The molecule has 36 heavy (non-hydrogen) atoms. The van der Waals surface area contributed by atoms with Gasteiger partial charge in [-0.25, -0.2) is 9.97 Å². The average molecular weight is 585 g/mol. The van der Waals surface area contributed by atoms with Crippen molar-refractivity contribution in [3.63, 3.8) is 0 Å². The van der Waals surface area contributed by atoms with E-state index in [9.17, 15) is 0 Å². The zero-order valence-electron chi connectivity index (χ0n) is 19.5. The molecule has 0 unspecified atom stereocenters. The van der Waals surface area contributed by atoms with Crippen molar-refractivity contribution in [2.45, 2.75) is 13.2 Å². The number of aromatic nitrogens is 2. The van der Waals surface area contributed by atoms with Gasteiger partial charge in [0.1, 0.15) is 11.4 Å². The fraction of sp³-hybridized carbons (Fsp3) is 0.231. The van der Waals surface area contributed by atoms with Crippen molar-refractivity contribution in [3.05, 3.63) is 85.9 Å². The molecule has 3 aliphatic rings. The third-order valence-electron chi connectivity index (χ3n) is 4.66. The van der Waals surface area contributed by atoms with E-state index in [-0.39, 0.29) is 0 Å². The average Bonchev–Trinajstić information content (AvgIpc) is 3.51. The van der Waals surface area contributed by atoms with Gasteiger partial charge in [0.25, 0.3) is 0 Å². The topological polar surface area (TPSA) is 44.2 Å². The second kappa shape index (κ2) is 12.9. The number of hydrogen-bond acceptors (Lipinski definition) is 10. The van der Waals surface area contributed by atoms with Gasteiger partial charge in [-0.05, 0) is 36.1 Å². The van der Waals surface area contributed by atoms with Crippen LogP contribution in [0.2, 0.25) is 0 Å². The van der Waals surface area contributed by atoms with Crippen LogP contribution in [0.15, 0.2) is 63.2 Å². The van der Waals surface area contributed by atoms with Crippen molar-refractivity contribution in [1.29, 1.82) is 0 Å². The first-order valence-electron chi connectivity index (χ1n) is 10.9. The highest BCUT2D eigenvalue weighted by molar-refractivity contribution is 8.43. The van der Waals surface area contributed by atoms with Crippen LogP contribution in [-0.2, 0) is 22.7 Å². The number of nitrogens with zero attached hydrogens (tertiary/aromatic N) is 2. The molecule has 2 aromatic heterocycles. The monoisotopic (exact) mass is 584 g/mol. The molecule has 0 N–H and O–H groups in total. The van der Waals surface area contributed by atoms with Crippen LogP contribution in [0.4, 0.5) is 0 Å². The number of ether oxygens (including phenoxy) is 2. The smallest absolute Gasteiger partial charge is 0.113 e. The lowest BCUT2D eigenvalue weighted by Gasteiger charge is -2.08. The highest BCUT2D eigenvalue weighted by atomic mass is 32.3. The first kappa shape index (κ1) is 26.3. The van der Waals surface area contributed by atoms with Crippen LogP contribution < -0.4 is 0 Å². The van der Waals surface area contributed by atoms with Crippen molar-refractivity contribution in [1.82, 2.24) is 9.97 Å². The van der Waals surface area contributed by atoms with Crippen LogP contribution in [0.5, 0.6) is 0 Å². The lowest BCUT2D eigenvalue weighted by atomic mass is 10.3. The van der Waals surface area contributed by atoms with Crippen LogP contribution in [0, 0.1) is 23.7 Å². The minimum atomic E-state index is 0.465. The Labute approximate surface area is 237 Å². The molecular weight excluding hydrogens is 565 g/mol. The minimum absolute atomic E-state index is 0.465. The van der Waals surface area contributed by atoms with E-state index < -0.39 is 0 Å². The van der Waals surface area contributed by atoms with Gasteiger partial charge >= 0.3 is 0 Å². The third-order valence-corrected chi connectivity index (χ3v) is 13.4. The molecule has 0 saturated heterocycles. The molecule has 0 atom stereocenters. The van der Waals surface area contributed by atoms with E-state index in [1.165, 1.54) is 28.5 Å². The van der Waals surface area contributed by atoms with Gasteiger partial charge in [0.2, 0.25) is 0 Å². The highest BCUT2D eigenvalue weighted by Crippen LogP contribution is 2.64. The van der Waals surface area contributed by atoms with Gasteiger partial charge in [0.15, 0.2) is 0 Å². The van der Waals surface area contributed by atoms with Crippen LogP contribution in [0.1, 0.15) is 22.8 Å². The number of hydrogen-bond donors (Lipinski definition) is 0. The first-order valence-corrected chi connectivity index (χ1v) is 16.1. The van der Waals surface area contributed by atoms with Gasteiger partial charge in [0.05, 0.1) is 51.4 Å². The largest absolute Gasteiger partial charge is 0.378 e.